The van der Waals surface area contributed by atoms with Crippen molar-refractivity contribution >= 4 is 33.0 Å². The van der Waals surface area contributed by atoms with Crippen molar-refractivity contribution in [3.05, 3.63) is 47.5 Å². The van der Waals surface area contributed by atoms with E-state index in [-0.39, 0.29) is 21.3 Å². The van der Waals surface area contributed by atoms with Crippen LogP contribution in [0.1, 0.15) is 0 Å². The highest BCUT2D eigenvalue weighted by Crippen LogP contribution is 2.25. The molecule has 1 heterocycles. The molecule has 0 unspecified atom stereocenters. The lowest BCUT2D eigenvalue weighted by Gasteiger charge is -2.10. The number of benzene rings is 1. The zero-order valence-corrected chi connectivity index (χ0v) is 11.0. The summed E-state index contributed by atoms with van der Waals surface area (Å²) in [5, 5.41) is 0.175. The van der Waals surface area contributed by atoms with Crippen LogP contribution in [0.4, 0.5) is 15.8 Å². The first-order valence-electron chi connectivity index (χ1n) is 5.07. The summed E-state index contributed by atoms with van der Waals surface area (Å²) in [6, 6.07) is 4.51. The molecule has 0 atom stereocenters. The second-order valence-corrected chi connectivity index (χ2v) is 5.70. The molecule has 0 bridgehead atoms. The number of nitrogens with one attached hydrogen (secondary N) is 1. The fourth-order valence-corrected chi connectivity index (χ4v) is 2.81. The van der Waals surface area contributed by atoms with Crippen molar-refractivity contribution in [3.63, 3.8) is 0 Å². The molecule has 0 saturated heterocycles. The van der Waals surface area contributed by atoms with Crippen molar-refractivity contribution in [1.82, 2.24) is 4.98 Å². The van der Waals surface area contributed by atoms with E-state index in [1.165, 1.54) is 24.5 Å². The lowest BCUT2D eigenvalue weighted by molar-refractivity contribution is 0.596. The molecule has 8 heteroatoms. The highest BCUT2D eigenvalue weighted by atomic mass is 35.5. The Hall–Kier alpha value is -1.86. The monoisotopic (exact) mass is 301 g/mol. The number of hydrogen-bond donors (Lipinski definition) is 2. The van der Waals surface area contributed by atoms with Crippen LogP contribution in [-0.2, 0) is 10.0 Å². The first-order valence-corrected chi connectivity index (χ1v) is 6.93. The molecule has 0 fully saturated rings. The van der Waals surface area contributed by atoms with E-state index < -0.39 is 15.8 Å². The van der Waals surface area contributed by atoms with Gasteiger partial charge in [-0.05, 0) is 24.3 Å². The first-order chi connectivity index (χ1) is 8.90. The third-order valence-corrected chi connectivity index (χ3v) is 4.03. The molecule has 0 saturated carbocycles. The number of aromatic nitrogens is 1. The largest absolute Gasteiger partial charge is 0.398 e. The van der Waals surface area contributed by atoms with Gasteiger partial charge in [0.1, 0.15) is 10.7 Å². The average Bonchev–Trinajstić information content (AvgIpc) is 2.35. The fraction of sp³-hybridized carbons (Fsp3) is 0. The first kappa shape index (κ1) is 13.6. The number of halogens is 2. The van der Waals surface area contributed by atoms with E-state index in [0.29, 0.717) is 0 Å². The van der Waals surface area contributed by atoms with Crippen molar-refractivity contribution in [2.75, 3.05) is 10.5 Å². The summed E-state index contributed by atoms with van der Waals surface area (Å²) in [4.78, 5) is 3.39. The zero-order chi connectivity index (χ0) is 14.0. The molecule has 1 aromatic heterocycles. The second kappa shape index (κ2) is 5.02. The van der Waals surface area contributed by atoms with Crippen LogP contribution in [0.15, 0.2) is 41.6 Å². The van der Waals surface area contributed by atoms with Crippen molar-refractivity contribution in [1.29, 1.82) is 0 Å². The molecule has 100 valence electrons. The van der Waals surface area contributed by atoms with Crippen LogP contribution in [0.3, 0.4) is 0 Å². The van der Waals surface area contributed by atoms with E-state index in [1.54, 1.807) is 0 Å². The van der Waals surface area contributed by atoms with Gasteiger partial charge in [0.25, 0.3) is 10.0 Å². The molecule has 0 aliphatic heterocycles. The molecule has 0 spiro atoms. The van der Waals surface area contributed by atoms with Gasteiger partial charge in [0.15, 0.2) is 0 Å². The number of rotatable bonds is 3. The third kappa shape index (κ3) is 2.94. The molecular formula is C11H9ClFN3O2S. The summed E-state index contributed by atoms with van der Waals surface area (Å²) >= 11 is 5.82. The number of hydrogen-bond acceptors (Lipinski definition) is 4. The fourth-order valence-electron chi connectivity index (χ4n) is 1.39. The average molecular weight is 302 g/mol. The summed E-state index contributed by atoms with van der Waals surface area (Å²) < 4.78 is 39.5. The normalized spacial score (nSPS) is 11.3. The van der Waals surface area contributed by atoms with Gasteiger partial charge in [-0.25, -0.2) is 12.8 Å². The Morgan fingerprint density at radius 2 is 2.05 bits per heavy atom. The van der Waals surface area contributed by atoms with E-state index in [2.05, 4.69) is 9.71 Å². The summed E-state index contributed by atoms with van der Waals surface area (Å²) in [5.74, 6) is -0.702. The van der Waals surface area contributed by atoms with Crippen LogP contribution < -0.4 is 10.5 Å². The summed E-state index contributed by atoms with van der Waals surface area (Å²) in [6.45, 7) is 0. The number of anilines is 2. The Morgan fingerprint density at radius 3 is 2.74 bits per heavy atom. The Balaban J connectivity index is 2.44. The van der Waals surface area contributed by atoms with Crippen LogP contribution in [0.25, 0.3) is 0 Å². The number of pyridine rings is 1. The van der Waals surface area contributed by atoms with Gasteiger partial charge >= 0.3 is 0 Å². The number of nitrogens with two attached hydrogens (primary N) is 1. The molecule has 0 amide bonds. The Kier molecular flexibility index (Phi) is 3.59. The maximum atomic E-state index is 13.1. The van der Waals surface area contributed by atoms with Gasteiger partial charge < -0.3 is 5.73 Å². The van der Waals surface area contributed by atoms with E-state index in [4.69, 9.17) is 17.3 Å². The smallest absolute Gasteiger partial charge is 0.264 e. The van der Waals surface area contributed by atoms with Crippen molar-refractivity contribution < 1.29 is 12.8 Å². The van der Waals surface area contributed by atoms with Gasteiger partial charge in [-0.2, -0.15) is 0 Å². The molecule has 0 aliphatic rings. The standard InChI is InChI=1S/C11H9ClFN3O2S/c12-8-3-4-15-6-10(8)16-19(17,18)11-5-7(13)1-2-9(11)14/h1-6,16H,14H2. The summed E-state index contributed by atoms with van der Waals surface area (Å²) in [6.07, 6.45) is 2.66. The summed E-state index contributed by atoms with van der Waals surface area (Å²) in [7, 11) is -4.03. The molecule has 1 aromatic carbocycles. The summed E-state index contributed by atoms with van der Waals surface area (Å²) in [5.41, 5.74) is 5.56. The Morgan fingerprint density at radius 1 is 1.32 bits per heavy atom. The minimum absolute atomic E-state index is 0.0612. The molecule has 2 aromatic rings. The molecule has 3 N–H and O–H groups in total. The molecule has 2 rings (SSSR count). The second-order valence-electron chi connectivity index (χ2n) is 3.64. The topological polar surface area (TPSA) is 85.1 Å². The van der Waals surface area contributed by atoms with Crippen molar-refractivity contribution in [2.24, 2.45) is 0 Å². The Bertz CT molecular complexity index is 722. The van der Waals surface area contributed by atoms with E-state index in [9.17, 15) is 12.8 Å². The van der Waals surface area contributed by atoms with Crippen LogP contribution in [0.2, 0.25) is 5.02 Å². The molecule has 19 heavy (non-hydrogen) atoms. The molecular weight excluding hydrogens is 293 g/mol. The maximum absolute atomic E-state index is 13.1. The minimum Gasteiger partial charge on any atom is -0.398 e. The van der Waals surface area contributed by atoms with Crippen LogP contribution in [0, 0.1) is 5.82 Å². The molecule has 5 nitrogen and oxygen atoms in total. The van der Waals surface area contributed by atoms with E-state index in [0.717, 1.165) is 12.1 Å². The maximum Gasteiger partial charge on any atom is 0.264 e. The number of sulfonamides is 1. The van der Waals surface area contributed by atoms with Gasteiger partial charge in [-0.1, -0.05) is 11.6 Å². The predicted molar refractivity (Wildman–Crippen MR) is 70.9 cm³/mol. The van der Waals surface area contributed by atoms with Crippen LogP contribution in [-0.4, -0.2) is 13.4 Å². The van der Waals surface area contributed by atoms with E-state index >= 15 is 0 Å². The highest BCUT2D eigenvalue weighted by Gasteiger charge is 2.19. The Labute approximate surface area is 114 Å². The zero-order valence-electron chi connectivity index (χ0n) is 9.47. The third-order valence-electron chi connectivity index (χ3n) is 2.28. The van der Waals surface area contributed by atoms with Crippen LogP contribution in [0.5, 0.6) is 0 Å². The van der Waals surface area contributed by atoms with Gasteiger partial charge in [-0.15, -0.1) is 0 Å². The van der Waals surface area contributed by atoms with Gasteiger partial charge in [-0.3, -0.25) is 9.71 Å². The predicted octanol–water partition coefficient (Wildman–Crippen LogP) is 2.26. The SMILES string of the molecule is Nc1ccc(F)cc1S(=O)(=O)Nc1cnccc1Cl. The quantitative estimate of drug-likeness (QED) is 0.852. The van der Waals surface area contributed by atoms with Gasteiger partial charge in [0.2, 0.25) is 0 Å². The molecule has 0 radical (unpaired) electrons. The lowest BCUT2D eigenvalue weighted by Crippen LogP contribution is -2.15. The number of nitrogen functional groups attached to an aromatic ring is 1. The van der Waals surface area contributed by atoms with E-state index in [1.807, 2.05) is 0 Å². The van der Waals surface area contributed by atoms with Gasteiger partial charge in [0, 0.05) is 6.20 Å². The van der Waals surface area contributed by atoms with Gasteiger partial charge in [0.05, 0.1) is 22.6 Å². The lowest BCUT2D eigenvalue weighted by atomic mass is 10.3. The molecule has 0 aliphatic carbocycles. The van der Waals surface area contributed by atoms with Crippen molar-refractivity contribution in [3.8, 4) is 0 Å². The van der Waals surface area contributed by atoms with Crippen LogP contribution >= 0.6 is 11.6 Å². The minimum atomic E-state index is -4.03. The highest BCUT2D eigenvalue weighted by molar-refractivity contribution is 7.92. The van der Waals surface area contributed by atoms with Crippen molar-refractivity contribution in [2.45, 2.75) is 4.90 Å². The number of nitrogens with zero attached hydrogens (tertiary/aromatic N) is 1.